The van der Waals surface area contributed by atoms with E-state index >= 15 is 0 Å². The predicted molar refractivity (Wildman–Crippen MR) is 81.2 cm³/mol. The van der Waals surface area contributed by atoms with Crippen molar-refractivity contribution in [1.82, 2.24) is 5.32 Å². The number of halogens is 1. The molecule has 1 aromatic rings. The Balaban J connectivity index is 1.95. The number of hydrogen-bond donors (Lipinski definition) is 1. The molecule has 96 valence electrons. The van der Waals surface area contributed by atoms with Crippen LogP contribution in [0.2, 0.25) is 0 Å². The second-order valence-electron chi connectivity index (χ2n) is 4.12. The van der Waals surface area contributed by atoms with Crippen LogP contribution in [0.3, 0.4) is 0 Å². The second-order valence-corrected chi connectivity index (χ2v) is 5.37. The van der Waals surface area contributed by atoms with E-state index in [4.69, 9.17) is 4.74 Å². The van der Waals surface area contributed by atoms with Gasteiger partial charge in [-0.3, -0.25) is 0 Å². The van der Waals surface area contributed by atoms with E-state index in [9.17, 15) is 0 Å². The van der Waals surface area contributed by atoms with Crippen LogP contribution in [-0.2, 0) is 11.3 Å². The van der Waals surface area contributed by atoms with Gasteiger partial charge in [0.25, 0.3) is 0 Å². The molecule has 0 atom stereocenters. The van der Waals surface area contributed by atoms with E-state index in [1.807, 2.05) is 0 Å². The third-order valence-corrected chi connectivity index (χ3v) is 3.25. The van der Waals surface area contributed by atoms with Crippen molar-refractivity contribution >= 4 is 22.6 Å². The highest BCUT2D eigenvalue weighted by Crippen LogP contribution is 2.06. The number of ether oxygens (including phenoxy) is 1. The van der Waals surface area contributed by atoms with E-state index in [2.05, 4.69) is 59.1 Å². The number of benzene rings is 1. The van der Waals surface area contributed by atoms with Crippen LogP contribution in [-0.4, -0.2) is 19.8 Å². The highest BCUT2D eigenvalue weighted by molar-refractivity contribution is 14.1. The topological polar surface area (TPSA) is 21.3 Å². The van der Waals surface area contributed by atoms with E-state index in [0.717, 1.165) is 32.7 Å². The van der Waals surface area contributed by atoms with E-state index in [1.165, 1.54) is 22.0 Å². The summed E-state index contributed by atoms with van der Waals surface area (Å²) in [5.74, 6) is 0. The van der Waals surface area contributed by atoms with Crippen molar-refractivity contribution in [1.29, 1.82) is 0 Å². The first-order valence-corrected chi connectivity index (χ1v) is 7.43. The van der Waals surface area contributed by atoms with Crippen LogP contribution in [0.1, 0.15) is 31.7 Å². The van der Waals surface area contributed by atoms with Crippen molar-refractivity contribution < 1.29 is 4.74 Å². The minimum absolute atomic E-state index is 0.875. The lowest BCUT2D eigenvalue weighted by Crippen LogP contribution is -2.16. The minimum Gasteiger partial charge on any atom is -0.381 e. The molecule has 0 bridgehead atoms. The zero-order chi connectivity index (χ0) is 12.3. The molecule has 0 amide bonds. The maximum Gasteiger partial charge on any atom is 0.0478 e. The summed E-state index contributed by atoms with van der Waals surface area (Å²) in [6.07, 6.45) is 3.48. The molecular formula is C14H22INO. The molecule has 0 radical (unpaired) electrons. The molecule has 0 heterocycles. The minimum atomic E-state index is 0.875. The molecule has 0 aliphatic carbocycles. The third kappa shape index (κ3) is 7.73. The fourth-order valence-corrected chi connectivity index (χ4v) is 1.84. The van der Waals surface area contributed by atoms with Gasteiger partial charge < -0.3 is 10.1 Å². The van der Waals surface area contributed by atoms with Crippen molar-refractivity contribution in [2.24, 2.45) is 0 Å². The molecule has 1 aromatic carbocycles. The maximum atomic E-state index is 5.50. The van der Waals surface area contributed by atoms with Gasteiger partial charge in [-0.1, -0.05) is 25.5 Å². The van der Waals surface area contributed by atoms with Crippen molar-refractivity contribution in [2.45, 2.75) is 32.7 Å². The molecule has 0 saturated carbocycles. The van der Waals surface area contributed by atoms with Crippen LogP contribution in [0.25, 0.3) is 0 Å². The number of unbranched alkanes of at least 4 members (excludes halogenated alkanes) is 1. The molecule has 0 aromatic heterocycles. The highest BCUT2D eigenvalue weighted by atomic mass is 127. The Morgan fingerprint density at radius 1 is 1.12 bits per heavy atom. The van der Waals surface area contributed by atoms with Gasteiger partial charge in [-0.25, -0.2) is 0 Å². The molecule has 0 fully saturated rings. The lowest BCUT2D eigenvalue weighted by atomic mass is 10.2. The first-order valence-electron chi connectivity index (χ1n) is 6.36. The normalized spacial score (nSPS) is 10.7. The number of hydrogen-bond acceptors (Lipinski definition) is 2. The zero-order valence-corrected chi connectivity index (χ0v) is 12.7. The SMILES string of the molecule is CCCCOCCCNCc1ccc(I)cc1. The maximum absolute atomic E-state index is 5.50. The van der Waals surface area contributed by atoms with Crippen LogP contribution in [0, 0.1) is 3.57 Å². The highest BCUT2D eigenvalue weighted by Gasteiger charge is 1.93. The Morgan fingerprint density at radius 2 is 1.82 bits per heavy atom. The summed E-state index contributed by atoms with van der Waals surface area (Å²) in [5.41, 5.74) is 1.34. The first-order chi connectivity index (χ1) is 8.33. The van der Waals surface area contributed by atoms with E-state index in [-0.39, 0.29) is 0 Å². The fourth-order valence-electron chi connectivity index (χ4n) is 1.48. The van der Waals surface area contributed by atoms with Gasteiger partial charge in [0.05, 0.1) is 0 Å². The Morgan fingerprint density at radius 3 is 2.53 bits per heavy atom. The van der Waals surface area contributed by atoms with Gasteiger partial charge in [-0.2, -0.15) is 0 Å². The molecule has 1 N–H and O–H groups in total. The summed E-state index contributed by atoms with van der Waals surface area (Å²) in [4.78, 5) is 0. The van der Waals surface area contributed by atoms with E-state index in [1.54, 1.807) is 0 Å². The number of rotatable bonds is 9. The van der Waals surface area contributed by atoms with Crippen LogP contribution in [0.5, 0.6) is 0 Å². The Kier molecular flexibility index (Phi) is 8.65. The molecule has 2 nitrogen and oxygen atoms in total. The van der Waals surface area contributed by atoms with E-state index < -0.39 is 0 Å². The summed E-state index contributed by atoms with van der Waals surface area (Å²) in [7, 11) is 0. The monoisotopic (exact) mass is 347 g/mol. The van der Waals surface area contributed by atoms with Crippen molar-refractivity contribution in [3.63, 3.8) is 0 Å². The Hall–Kier alpha value is -0.130. The van der Waals surface area contributed by atoms with Crippen LogP contribution in [0.4, 0.5) is 0 Å². The molecule has 1 rings (SSSR count). The third-order valence-electron chi connectivity index (χ3n) is 2.53. The van der Waals surface area contributed by atoms with E-state index in [0.29, 0.717) is 0 Å². The summed E-state index contributed by atoms with van der Waals surface area (Å²) in [6.45, 7) is 5.95. The van der Waals surface area contributed by atoms with Crippen molar-refractivity contribution in [3.05, 3.63) is 33.4 Å². The smallest absolute Gasteiger partial charge is 0.0478 e. The molecule has 0 unspecified atom stereocenters. The fraction of sp³-hybridized carbons (Fsp3) is 0.571. The van der Waals surface area contributed by atoms with Gasteiger partial charge in [-0.15, -0.1) is 0 Å². The largest absolute Gasteiger partial charge is 0.381 e. The quantitative estimate of drug-likeness (QED) is 0.545. The summed E-state index contributed by atoms with van der Waals surface area (Å²) in [5, 5.41) is 3.43. The van der Waals surface area contributed by atoms with Gasteiger partial charge in [0, 0.05) is 23.3 Å². The zero-order valence-electron chi connectivity index (χ0n) is 10.5. The van der Waals surface area contributed by atoms with Gasteiger partial charge in [0.1, 0.15) is 0 Å². The molecule has 17 heavy (non-hydrogen) atoms. The molecular weight excluding hydrogens is 325 g/mol. The standard InChI is InChI=1S/C14H22INO/c1-2-3-10-17-11-4-9-16-12-13-5-7-14(15)8-6-13/h5-8,16H,2-4,9-12H2,1H3. The Bertz CT molecular complexity index is 287. The van der Waals surface area contributed by atoms with Gasteiger partial charge in [-0.05, 0) is 59.7 Å². The lowest BCUT2D eigenvalue weighted by Gasteiger charge is -2.06. The second kappa shape index (κ2) is 9.85. The van der Waals surface area contributed by atoms with Crippen molar-refractivity contribution in [2.75, 3.05) is 19.8 Å². The van der Waals surface area contributed by atoms with Crippen LogP contribution in [0.15, 0.2) is 24.3 Å². The summed E-state index contributed by atoms with van der Waals surface area (Å²) in [6, 6.07) is 8.63. The van der Waals surface area contributed by atoms with Crippen molar-refractivity contribution in [3.8, 4) is 0 Å². The molecule has 3 heteroatoms. The van der Waals surface area contributed by atoms with Gasteiger partial charge in [0.2, 0.25) is 0 Å². The molecule has 0 saturated heterocycles. The molecule has 0 aliphatic heterocycles. The van der Waals surface area contributed by atoms with Gasteiger partial charge in [0.15, 0.2) is 0 Å². The number of nitrogens with one attached hydrogen (secondary N) is 1. The average molecular weight is 347 g/mol. The summed E-state index contributed by atoms with van der Waals surface area (Å²) >= 11 is 2.33. The molecule has 0 spiro atoms. The summed E-state index contributed by atoms with van der Waals surface area (Å²) < 4.78 is 6.79. The van der Waals surface area contributed by atoms with Crippen LogP contribution < -0.4 is 5.32 Å². The molecule has 0 aliphatic rings. The van der Waals surface area contributed by atoms with Gasteiger partial charge >= 0.3 is 0 Å². The lowest BCUT2D eigenvalue weighted by molar-refractivity contribution is 0.129. The van der Waals surface area contributed by atoms with Crippen LogP contribution >= 0.6 is 22.6 Å². The first kappa shape index (κ1) is 14.9. The predicted octanol–water partition coefficient (Wildman–Crippen LogP) is 3.59. The Labute approximate surface area is 118 Å². The average Bonchev–Trinajstić information content (AvgIpc) is 2.35.